The average Bonchev–Trinajstić information content (AvgIpc) is 2.52. The quantitative estimate of drug-likeness (QED) is 0.742. The van der Waals surface area contributed by atoms with E-state index in [-0.39, 0.29) is 5.91 Å². The van der Waals surface area contributed by atoms with Gasteiger partial charge in [-0.3, -0.25) is 4.79 Å². The van der Waals surface area contributed by atoms with Crippen LogP contribution in [0, 0.1) is 6.92 Å². The van der Waals surface area contributed by atoms with E-state index in [1.165, 1.54) is 0 Å². The molecule has 0 unspecified atom stereocenters. The first kappa shape index (κ1) is 17.3. The second kappa shape index (κ2) is 8.58. The molecule has 0 aliphatic rings. The minimum Gasteiger partial charge on any atom is -0.492 e. The van der Waals surface area contributed by atoms with Gasteiger partial charge in [-0.2, -0.15) is 0 Å². The number of nitrogens with one attached hydrogen (secondary N) is 2. The van der Waals surface area contributed by atoms with Crippen molar-refractivity contribution in [2.24, 2.45) is 0 Å². The predicted octanol–water partition coefficient (Wildman–Crippen LogP) is 4.60. The highest BCUT2D eigenvalue weighted by Gasteiger charge is 2.07. The van der Waals surface area contributed by atoms with Gasteiger partial charge in [-0.15, -0.1) is 0 Å². The number of ether oxygens (including phenoxy) is 1. The van der Waals surface area contributed by atoms with Crippen LogP contribution in [0.5, 0.6) is 5.75 Å². The molecule has 0 aliphatic carbocycles. The lowest BCUT2D eigenvalue weighted by Crippen LogP contribution is -2.17. The molecule has 2 rings (SSSR count). The number of benzene rings is 2. The second-order valence-corrected chi connectivity index (χ2v) is 6.03. The monoisotopic (exact) mass is 376 g/mol. The molecule has 0 heterocycles. The second-order valence-electron chi connectivity index (χ2n) is 5.11. The Hall–Kier alpha value is -2.01. The van der Waals surface area contributed by atoms with Crippen molar-refractivity contribution in [3.63, 3.8) is 0 Å². The first-order valence-corrected chi connectivity index (χ1v) is 8.41. The fourth-order valence-electron chi connectivity index (χ4n) is 2.20. The minimum absolute atomic E-state index is 0.0422. The van der Waals surface area contributed by atoms with Crippen molar-refractivity contribution in [1.82, 2.24) is 0 Å². The van der Waals surface area contributed by atoms with E-state index < -0.39 is 0 Å². The number of hydrogen-bond acceptors (Lipinski definition) is 3. The molecule has 0 saturated heterocycles. The molecule has 0 aliphatic heterocycles. The van der Waals surface area contributed by atoms with Gasteiger partial charge in [0.2, 0.25) is 5.91 Å². The highest BCUT2D eigenvalue weighted by Crippen LogP contribution is 2.24. The lowest BCUT2D eigenvalue weighted by atomic mass is 10.2. The van der Waals surface area contributed by atoms with E-state index in [0.29, 0.717) is 31.0 Å². The largest absolute Gasteiger partial charge is 0.492 e. The molecule has 2 N–H and O–H groups in total. The third-order valence-electron chi connectivity index (χ3n) is 3.32. The van der Waals surface area contributed by atoms with Gasteiger partial charge in [0, 0.05) is 23.1 Å². The van der Waals surface area contributed by atoms with Gasteiger partial charge >= 0.3 is 0 Å². The molecule has 2 aromatic carbocycles. The average molecular weight is 377 g/mol. The lowest BCUT2D eigenvalue weighted by Gasteiger charge is -2.12. The molecule has 0 atom stereocenters. The third-order valence-corrected chi connectivity index (χ3v) is 3.81. The van der Waals surface area contributed by atoms with E-state index in [1.54, 1.807) is 0 Å². The minimum atomic E-state index is -0.0422. The maximum absolute atomic E-state index is 12.1. The molecule has 0 fully saturated rings. The van der Waals surface area contributed by atoms with E-state index in [9.17, 15) is 4.79 Å². The summed E-state index contributed by atoms with van der Waals surface area (Å²) in [6.45, 7) is 5.09. The van der Waals surface area contributed by atoms with Gasteiger partial charge in [-0.05, 0) is 49.7 Å². The lowest BCUT2D eigenvalue weighted by molar-refractivity contribution is -0.116. The summed E-state index contributed by atoms with van der Waals surface area (Å²) >= 11 is 3.44. The maximum atomic E-state index is 12.1. The van der Waals surface area contributed by atoms with Crippen LogP contribution in [0.4, 0.5) is 11.4 Å². The number of hydrogen-bond donors (Lipinski definition) is 2. The number of anilines is 2. The molecule has 23 heavy (non-hydrogen) atoms. The molecule has 0 radical (unpaired) electrons. The van der Waals surface area contributed by atoms with Crippen LogP contribution in [0.15, 0.2) is 46.9 Å². The summed E-state index contributed by atoms with van der Waals surface area (Å²) in [4.78, 5) is 12.1. The Kier molecular flexibility index (Phi) is 6.47. The van der Waals surface area contributed by atoms with Gasteiger partial charge in [-0.25, -0.2) is 0 Å². The van der Waals surface area contributed by atoms with Crippen molar-refractivity contribution < 1.29 is 9.53 Å². The van der Waals surface area contributed by atoms with E-state index in [1.807, 2.05) is 56.3 Å². The van der Waals surface area contributed by atoms with Gasteiger partial charge in [0.1, 0.15) is 5.75 Å². The maximum Gasteiger partial charge on any atom is 0.226 e. The first-order chi connectivity index (χ1) is 11.1. The summed E-state index contributed by atoms with van der Waals surface area (Å²) in [7, 11) is 0. The standard InChI is InChI=1S/C18H21BrN2O2/c1-3-23-17-7-5-4-6-16(17)21-18(22)10-11-20-15-9-8-14(19)12-13(15)2/h4-9,12,20H,3,10-11H2,1-2H3,(H,21,22). The zero-order chi connectivity index (χ0) is 16.7. The molecular weight excluding hydrogens is 356 g/mol. The fraction of sp³-hybridized carbons (Fsp3) is 0.278. The highest BCUT2D eigenvalue weighted by molar-refractivity contribution is 9.10. The number of carbonyl (C=O) groups excluding carboxylic acids is 1. The van der Waals surface area contributed by atoms with Gasteiger partial charge < -0.3 is 15.4 Å². The van der Waals surface area contributed by atoms with Crippen LogP contribution in [0.2, 0.25) is 0 Å². The Balaban J connectivity index is 1.86. The van der Waals surface area contributed by atoms with E-state index in [0.717, 1.165) is 15.7 Å². The Bertz CT molecular complexity index is 674. The number of halogens is 1. The topological polar surface area (TPSA) is 50.4 Å². The van der Waals surface area contributed by atoms with Crippen molar-refractivity contribution >= 4 is 33.2 Å². The molecular formula is C18H21BrN2O2. The molecule has 1 amide bonds. The summed E-state index contributed by atoms with van der Waals surface area (Å²) in [5.41, 5.74) is 2.89. The van der Waals surface area contributed by atoms with Crippen LogP contribution in [-0.2, 0) is 4.79 Å². The van der Waals surface area contributed by atoms with Crippen LogP contribution in [0.3, 0.4) is 0 Å². The zero-order valence-electron chi connectivity index (χ0n) is 13.4. The highest BCUT2D eigenvalue weighted by atomic mass is 79.9. The molecule has 4 nitrogen and oxygen atoms in total. The van der Waals surface area contributed by atoms with Crippen LogP contribution in [0.25, 0.3) is 0 Å². The molecule has 0 spiro atoms. The van der Waals surface area contributed by atoms with E-state index >= 15 is 0 Å². The third kappa shape index (κ3) is 5.28. The Morgan fingerprint density at radius 1 is 1.17 bits per heavy atom. The molecule has 0 aromatic heterocycles. The molecule has 0 saturated carbocycles. The van der Waals surface area contributed by atoms with Crippen LogP contribution in [-0.4, -0.2) is 19.1 Å². The van der Waals surface area contributed by atoms with E-state index in [4.69, 9.17) is 4.74 Å². The van der Waals surface area contributed by atoms with Crippen molar-refractivity contribution in [2.75, 3.05) is 23.8 Å². The molecule has 2 aromatic rings. The number of para-hydroxylation sites is 2. The van der Waals surface area contributed by atoms with Crippen LogP contribution in [0.1, 0.15) is 18.9 Å². The number of amides is 1. The smallest absolute Gasteiger partial charge is 0.226 e. The zero-order valence-corrected chi connectivity index (χ0v) is 14.9. The van der Waals surface area contributed by atoms with Crippen LogP contribution >= 0.6 is 15.9 Å². The van der Waals surface area contributed by atoms with Crippen molar-refractivity contribution in [1.29, 1.82) is 0 Å². The Morgan fingerprint density at radius 3 is 2.70 bits per heavy atom. The van der Waals surface area contributed by atoms with Crippen molar-refractivity contribution in [3.05, 3.63) is 52.5 Å². The SMILES string of the molecule is CCOc1ccccc1NC(=O)CCNc1ccc(Br)cc1C. The predicted molar refractivity (Wildman–Crippen MR) is 98.2 cm³/mol. The number of aryl methyl sites for hydroxylation is 1. The summed E-state index contributed by atoms with van der Waals surface area (Å²) in [6.07, 6.45) is 0.385. The number of carbonyl (C=O) groups is 1. The summed E-state index contributed by atoms with van der Waals surface area (Å²) in [5, 5.41) is 6.18. The fourth-order valence-corrected chi connectivity index (χ4v) is 2.68. The summed E-state index contributed by atoms with van der Waals surface area (Å²) in [6, 6.07) is 13.5. The normalized spacial score (nSPS) is 10.2. The van der Waals surface area contributed by atoms with Gasteiger partial charge in [0.15, 0.2) is 0 Å². The van der Waals surface area contributed by atoms with Crippen LogP contribution < -0.4 is 15.4 Å². The molecule has 0 bridgehead atoms. The van der Waals surface area contributed by atoms with Gasteiger partial charge in [0.05, 0.1) is 12.3 Å². The summed E-state index contributed by atoms with van der Waals surface area (Å²) in [5.74, 6) is 0.652. The first-order valence-electron chi connectivity index (χ1n) is 7.62. The van der Waals surface area contributed by atoms with Gasteiger partial charge in [-0.1, -0.05) is 28.1 Å². The van der Waals surface area contributed by atoms with E-state index in [2.05, 4.69) is 26.6 Å². The molecule has 122 valence electrons. The Labute approximate surface area is 145 Å². The Morgan fingerprint density at radius 2 is 1.96 bits per heavy atom. The van der Waals surface area contributed by atoms with Crippen molar-refractivity contribution in [3.8, 4) is 5.75 Å². The van der Waals surface area contributed by atoms with Gasteiger partial charge in [0.25, 0.3) is 0 Å². The van der Waals surface area contributed by atoms with Crippen molar-refractivity contribution in [2.45, 2.75) is 20.3 Å². The number of rotatable bonds is 7. The molecule has 5 heteroatoms. The summed E-state index contributed by atoms with van der Waals surface area (Å²) < 4.78 is 6.55.